The molecule has 1 aromatic carbocycles. The molecule has 2 aliphatic heterocycles. The van der Waals surface area contributed by atoms with Crippen LogP contribution in [0, 0.1) is 0 Å². The van der Waals surface area contributed by atoms with Crippen molar-refractivity contribution in [3.05, 3.63) is 18.2 Å². The van der Waals surface area contributed by atoms with Crippen molar-refractivity contribution >= 4 is 15.9 Å². The van der Waals surface area contributed by atoms with Gasteiger partial charge in [0.15, 0.2) is 11.5 Å². The van der Waals surface area contributed by atoms with E-state index in [-0.39, 0.29) is 24.8 Å². The predicted molar refractivity (Wildman–Crippen MR) is 102 cm³/mol. The Hall–Kier alpha value is -2.00. The minimum absolute atomic E-state index is 0.0612. The maximum Gasteiger partial charge on any atom is 0.238 e. The van der Waals surface area contributed by atoms with Crippen molar-refractivity contribution in [3.63, 3.8) is 0 Å². The second kappa shape index (κ2) is 7.79. The molecule has 1 aliphatic carbocycles. The number of carbonyl (C=O) groups is 1. The van der Waals surface area contributed by atoms with Gasteiger partial charge in [0.25, 0.3) is 0 Å². The Balaban J connectivity index is 1.27. The lowest BCUT2D eigenvalue weighted by molar-refractivity contribution is -0.125. The third-order valence-electron chi connectivity index (χ3n) is 5.60. The minimum atomic E-state index is -3.35. The quantitative estimate of drug-likeness (QED) is 0.793. The van der Waals surface area contributed by atoms with Gasteiger partial charge in [-0.25, -0.2) is 8.42 Å². The van der Waals surface area contributed by atoms with Gasteiger partial charge in [-0.2, -0.15) is 4.31 Å². The van der Waals surface area contributed by atoms with Gasteiger partial charge in [-0.05, 0) is 50.7 Å². The average molecular weight is 410 g/mol. The molecule has 2 fully saturated rings. The van der Waals surface area contributed by atoms with E-state index in [1.165, 1.54) is 4.31 Å². The molecule has 0 bridgehead atoms. The van der Waals surface area contributed by atoms with Crippen LogP contribution in [0.15, 0.2) is 18.2 Å². The van der Waals surface area contributed by atoms with E-state index < -0.39 is 16.1 Å². The first-order chi connectivity index (χ1) is 13.4. The van der Waals surface area contributed by atoms with Gasteiger partial charge < -0.3 is 19.5 Å². The number of nitrogens with zero attached hydrogens (tertiary/aromatic N) is 1. The largest absolute Gasteiger partial charge is 0.490 e. The number of fused-ring (bicyclic) bond motifs is 1. The lowest BCUT2D eigenvalue weighted by Gasteiger charge is -2.31. The van der Waals surface area contributed by atoms with E-state index in [2.05, 4.69) is 5.32 Å². The van der Waals surface area contributed by atoms with Gasteiger partial charge in [0.2, 0.25) is 22.7 Å². The summed E-state index contributed by atoms with van der Waals surface area (Å²) in [6.45, 7) is 0.661. The summed E-state index contributed by atoms with van der Waals surface area (Å²) in [4.78, 5) is 12.6. The summed E-state index contributed by atoms with van der Waals surface area (Å²) in [6, 6.07) is 5.05. The highest BCUT2D eigenvalue weighted by molar-refractivity contribution is 7.88. The molecule has 0 radical (unpaired) electrons. The number of sulfonamides is 1. The van der Waals surface area contributed by atoms with E-state index >= 15 is 0 Å². The normalized spacial score (nSPS) is 27.5. The molecule has 28 heavy (non-hydrogen) atoms. The maximum absolute atomic E-state index is 12.6. The molecule has 1 amide bonds. The molecule has 4 rings (SSSR count). The highest BCUT2D eigenvalue weighted by Gasteiger charge is 2.37. The molecule has 0 unspecified atom stereocenters. The van der Waals surface area contributed by atoms with E-state index in [1.807, 2.05) is 18.2 Å². The molecule has 8 nitrogen and oxygen atoms in total. The van der Waals surface area contributed by atoms with Crippen LogP contribution in [0.2, 0.25) is 0 Å². The number of carbonyl (C=O) groups excluding carboxylic acids is 1. The van der Waals surface area contributed by atoms with Gasteiger partial charge in [0.1, 0.15) is 11.8 Å². The first-order valence-corrected chi connectivity index (χ1v) is 11.6. The van der Waals surface area contributed by atoms with Gasteiger partial charge in [0.05, 0.1) is 12.4 Å². The van der Waals surface area contributed by atoms with Crippen molar-refractivity contribution in [3.8, 4) is 17.2 Å². The van der Waals surface area contributed by atoms with Crippen molar-refractivity contribution in [2.24, 2.45) is 0 Å². The Bertz CT molecular complexity index is 835. The second-order valence-electron chi connectivity index (χ2n) is 7.65. The Kier molecular flexibility index (Phi) is 5.37. The number of hydrogen-bond donors (Lipinski definition) is 1. The Morgan fingerprint density at radius 1 is 1.14 bits per heavy atom. The fraction of sp³-hybridized carbons (Fsp3) is 0.632. The number of benzene rings is 1. The lowest BCUT2D eigenvalue weighted by Crippen LogP contribution is -2.49. The lowest BCUT2D eigenvalue weighted by atomic mass is 9.92. The first kappa shape index (κ1) is 19.3. The summed E-state index contributed by atoms with van der Waals surface area (Å²) in [5.41, 5.74) is 0. The number of hydrogen-bond acceptors (Lipinski definition) is 6. The summed E-state index contributed by atoms with van der Waals surface area (Å²) >= 11 is 0. The molecular formula is C19H26N2O6S. The van der Waals surface area contributed by atoms with E-state index in [9.17, 15) is 13.2 Å². The molecule has 154 valence electrons. The topological polar surface area (TPSA) is 94.2 Å². The van der Waals surface area contributed by atoms with Crippen molar-refractivity contribution in [2.45, 2.75) is 56.7 Å². The Labute approximate surface area is 165 Å². The van der Waals surface area contributed by atoms with E-state index in [0.29, 0.717) is 18.7 Å². The van der Waals surface area contributed by atoms with Crippen LogP contribution in [-0.2, 0) is 14.8 Å². The maximum atomic E-state index is 12.6. The fourth-order valence-electron chi connectivity index (χ4n) is 4.16. The summed E-state index contributed by atoms with van der Waals surface area (Å²) in [7, 11) is -3.35. The summed E-state index contributed by atoms with van der Waals surface area (Å²) in [6.07, 6.45) is 5.85. The van der Waals surface area contributed by atoms with Gasteiger partial charge in [-0.1, -0.05) is 0 Å². The molecule has 1 N–H and O–H groups in total. The third-order valence-corrected chi connectivity index (χ3v) is 6.89. The molecule has 0 spiro atoms. The number of ether oxygens (including phenoxy) is 3. The zero-order valence-corrected chi connectivity index (χ0v) is 16.7. The van der Waals surface area contributed by atoms with Gasteiger partial charge in [-0.15, -0.1) is 0 Å². The van der Waals surface area contributed by atoms with Crippen molar-refractivity contribution in [2.75, 3.05) is 19.6 Å². The number of nitrogens with one attached hydrogen (secondary N) is 1. The van der Waals surface area contributed by atoms with E-state index in [1.54, 1.807) is 0 Å². The SMILES string of the molecule is CS(=O)(=O)N1CCC[C@H]1C(=O)NC1CCC(Oc2ccc3c(c2)OCO3)CC1. The van der Waals surface area contributed by atoms with Crippen LogP contribution in [-0.4, -0.2) is 56.4 Å². The molecule has 1 atom stereocenters. The average Bonchev–Trinajstić information content (AvgIpc) is 3.32. The first-order valence-electron chi connectivity index (χ1n) is 9.73. The van der Waals surface area contributed by atoms with Crippen LogP contribution < -0.4 is 19.5 Å². The van der Waals surface area contributed by atoms with Crippen molar-refractivity contribution in [1.29, 1.82) is 0 Å². The monoisotopic (exact) mass is 410 g/mol. The smallest absolute Gasteiger partial charge is 0.238 e. The molecular weight excluding hydrogens is 384 g/mol. The highest BCUT2D eigenvalue weighted by atomic mass is 32.2. The van der Waals surface area contributed by atoms with Gasteiger partial charge in [-0.3, -0.25) is 4.79 Å². The van der Waals surface area contributed by atoms with Crippen LogP contribution in [0.1, 0.15) is 38.5 Å². The Morgan fingerprint density at radius 2 is 1.89 bits per heavy atom. The van der Waals surface area contributed by atoms with Crippen molar-refractivity contribution in [1.82, 2.24) is 9.62 Å². The van der Waals surface area contributed by atoms with Crippen molar-refractivity contribution < 1.29 is 27.4 Å². The molecule has 9 heteroatoms. The molecule has 1 saturated heterocycles. The van der Waals surface area contributed by atoms with Gasteiger partial charge in [0, 0.05) is 18.7 Å². The minimum Gasteiger partial charge on any atom is -0.490 e. The molecule has 0 aromatic heterocycles. The standard InChI is InChI=1S/C19H26N2O6S/c1-28(23,24)21-10-2-3-16(21)19(22)20-13-4-6-14(7-5-13)27-15-8-9-17-18(11-15)26-12-25-17/h8-9,11,13-14,16H,2-7,10,12H2,1H3,(H,20,22)/t13?,14?,16-/m0/s1. The summed E-state index contributed by atoms with van der Waals surface area (Å²) in [5.74, 6) is 2.01. The van der Waals surface area contributed by atoms with E-state index in [4.69, 9.17) is 14.2 Å². The number of amides is 1. The summed E-state index contributed by atoms with van der Waals surface area (Å²) < 4.78 is 41.7. The van der Waals surface area contributed by atoms with E-state index in [0.717, 1.165) is 49.9 Å². The zero-order valence-electron chi connectivity index (χ0n) is 15.9. The summed E-state index contributed by atoms with van der Waals surface area (Å²) in [5, 5.41) is 3.04. The highest BCUT2D eigenvalue weighted by Crippen LogP contribution is 2.36. The van der Waals surface area contributed by atoms with Crippen LogP contribution in [0.3, 0.4) is 0 Å². The molecule has 1 aromatic rings. The second-order valence-corrected chi connectivity index (χ2v) is 9.58. The predicted octanol–water partition coefficient (Wildman–Crippen LogP) is 1.65. The van der Waals surface area contributed by atoms with Gasteiger partial charge >= 0.3 is 0 Å². The molecule has 3 aliphatic rings. The molecule has 2 heterocycles. The third kappa shape index (κ3) is 4.20. The van der Waals surface area contributed by atoms with Crippen LogP contribution in [0.25, 0.3) is 0 Å². The Morgan fingerprint density at radius 3 is 2.64 bits per heavy atom. The van der Waals surface area contributed by atoms with Crippen LogP contribution in [0.5, 0.6) is 17.2 Å². The fourth-order valence-corrected chi connectivity index (χ4v) is 5.29. The van der Waals surface area contributed by atoms with Crippen LogP contribution in [0.4, 0.5) is 0 Å². The zero-order chi connectivity index (χ0) is 19.7. The molecule has 1 saturated carbocycles. The number of rotatable bonds is 5. The van der Waals surface area contributed by atoms with Crippen LogP contribution >= 0.6 is 0 Å².